The molecule has 4 nitrogen and oxygen atoms in total. The molecule has 5 heteroatoms. The Kier molecular flexibility index (Phi) is 3.32. The molecule has 1 aromatic carbocycles. The molecule has 0 saturated heterocycles. The predicted octanol–water partition coefficient (Wildman–Crippen LogP) is 2.01. The third-order valence-electron chi connectivity index (χ3n) is 2.77. The van der Waals surface area contributed by atoms with Crippen LogP contribution in [0.4, 0.5) is 0 Å². The minimum absolute atomic E-state index is 0.139. The molecule has 1 aliphatic heterocycles. The summed E-state index contributed by atoms with van der Waals surface area (Å²) in [5, 5.41) is 9.70. The number of nitrogens with zero attached hydrogens (tertiary/aromatic N) is 2. The van der Waals surface area contributed by atoms with Crippen LogP contribution in [0.5, 0.6) is 0 Å². The monoisotopic (exact) mass is 250 g/mol. The fraction of sp³-hybridized carbons (Fsp3) is 0.333. The van der Waals surface area contributed by atoms with E-state index in [-0.39, 0.29) is 5.91 Å². The van der Waals surface area contributed by atoms with Crippen LogP contribution in [0.2, 0.25) is 5.02 Å². The van der Waals surface area contributed by atoms with Crippen molar-refractivity contribution < 1.29 is 9.53 Å². The van der Waals surface area contributed by atoms with Gasteiger partial charge in [-0.25, -0.2) is 0 Å². The summed E-state index contributed by atoms with van der Waals surface area (Å²) in [5.41, 5.74) is 1.23. The third-order valence-corrected chi connectivity index (χ3v) is 3.00. The lowest BCUT2D eigenvalue weighted by Crippen LogP contribution is -2.30. The van der Waals surface area contributed by atoms with Crippen molar-refractivity contribution in [3.63, 3.8) is 0 Å². The molecule has 0 aliphatic carbocycles. The lowest BCUT2D eigenvalue weighted by molar-refractivity contribution is 0.0693. The molecular formula is C12H11ClN2O2. The number of fused-ring (bicyclic) bond motifs is 1. The Morgan fingerprint density at radius 3 is 3.00 bits per heavy atom. The Morgan fingerprint density at radius 2 is 2.35 bits per heavy atom. The van der Waals surface area contributed by atoms with Gasteiger partial charge in [0.15, 0.2) is 0 Å². The topological polar surface area (TPSA) is 53.3 Å². The van der Waals surface area contributed by atoms with E-state index in [0.717, 1.165) is 0 Å². The minimum atomic E-state index is -0.564. The number of benzene rings is 1. The van der Waals surface area contributed by atoms with Gasteiger partial charge in [0.2, 0.25) is 0 Å². The van der Waals surface area contributed by atoms with Crippen molar-refractivity contribution in [2.75, 3.05) is 20.3 Å². The van der Waals surface area contributed by atoms with Gasteiger partial charge in [-0.3, -0.25) is 4.79 Å². The van der Waals surface area contributed by atoms with Gasteiger partial charge in [-0.05, 0) is 18.2 Å². The number of ether oxygens (including phenoxy) is 1. The summed E-state index contributed by atoms with van der Waals surface area (Å²) in [7, 11) is 1.56. The van der Waals surface area contributed by atoms with E-state index in [4.69, 9.17) is 21.6 Å². The average Bonchev–Trinajstić information content (AvgIpc) is 2.58. The number of amides is 1. The van der Waals surface area contributed by atoms with E-state index >= 15 is 0 Å². The molecule has 0 fully saturated rings. The quantitative estimate of drug-likeness (QED) is 0.825. The number of nitriles is 1. The maximum absolute atomic E-state index is 12.1. The Bertz CT molecular complexity index is 496. The average molecular weight is 251 g/mol. The van der Waals surface area contributed by atoms with Crippen LogP contribution in [0.3, 0.4) is 0 Å². The van der Waals surface area contributed by atoms with Crippen LogP contribution in [0, 0.1) is 11.3 Å². The summed E-state index contributed by atoms with van der Waals surface area (Å²) in [6.07, 6.45) is 0. The summed E-state index contributed by atoms with van der Waals surface area (Å²) in [4.78, 5) is 13.6. The van der Waals surface area contributed by atoms with Gasteiger partial charge in [-0.1, -0.05) is 11.6 Å². The number of hydrogen-bond donors (Lipinski definition) is 0. The maximum atomic E-state index is 12.1. The van der Waals surface area contributed by atoms with E-state index in [1.54, 1.807) is 25.3 Å². The summed E-state index contributed by atoms with van der Waals surface area (Å²) >= 11 is 5.88. The fourth-order valence-electron chi connectivity index (χ4n) is 1.95. The lowest BCUT2D eigenvalue weighted by atomic mass is 10.1. The van der Waals surface area contributed by atoms with E-state index in [9.17, 15) is 4.79 Å². The molecule has 0 bridgehead atoms. The highest BCUT2D eigenvalue weighted by molar-refractivity contribution is 6.30. The molecule has 88 valence electrons. The second-order valence-corrected chi connectivity index (χ2v) is 4.19. The van der Waals surface area contributed by atoms with E-state index in [1.165, 1.54) is 4.90 Å². The molecule has 0 N–H and O–H groups in total. The van der Waals surface area contributed by atoms with Crippen molar-refractivity contribution in [2.45, 2.75) is 6.04 Å². The van der Waals surface area contributed by atoms with Gasteiger partial charge >= 0.3 is 0 Å². The second kappa shape index (κ2) is 4.74. The van der Waals surface area contributed by atoms with Crippen LogP contribution in [0.15, 0.2) is 18.2 Å². The third kappa shape index (κ3) is 1.99. The van der Waals surface area contributed by atoms with E-state index < -0.39 is 6.04 Å². The Labute approximate surface area is 104 Å². The number of hydrogen-bond acceptors (Lipinski definition) is 3. The first-order valence-electron chi connectivity index (χ1n) is 5.18. The summed E-state index contributed by atoms with van der Waals surface area (Å²) in [6, 6.07) is 6.56. The van der Waals surface area contributed by atoms with Crippen molar-refractivity contribution in [1.29, 1.82) is 5.26 Å². The van der Waals surface area contributed by atoms with Crippen molar-refractivity contribution in [3.05, 3.63) is 34.3 Å². The Balaban J connectivity index is 2.37. The molecule has 0 radical (unpaired) electrons. The van der Waals surface area contributed by atoms with Gasteiger partial charge in [0.25, 0.3) is 5.91 Å². The van der Waals surface area contributed by atoms with Crippen LogP contribution in [-0.4, -0.2) is 31.1 Å². The van der Waals surface area contributed by atoms with Gasteiger partial charge in [0, 0.05) is 29.8 Å². The van der Waals surface area contributed by atoms with E-state index in [0.29, 0.717) is 29.3 Å². The van der Waals surface area contributed by atoms with Crippen LogP contribution < -0.4 is 0 Å². The molecule has 1 heterocycles. The summed E-state index contributed by atoms with van der Waals surface area (Å²) in [6.45, 7) is 0.811. The van der Waals surface area contributed by atoms with Crippen molar-refractivity contribution >= 4 is 17.5 Å². The van der Waals surface area contributed by atoms with Gasteiger partial charge in [-0.2, -0.15) is 5.26 Å². The van der Waals surface area contributed by atoms with Crippen LogP contribution in [0.25, 0.3) is 0 Å². The molecule has 1 unspecified atom stereocenters. The second-order valence-electron chi connectivity index (χ2n) is 3.75. The number of halogens is 1. The van der Waals surface area contributed by atoms with Crippen molar-refractivity contribution in [3.8, 4) is 6.07 Å². The SMILES string of the molecule is COCCN1C(=O)c2ccc(Cl)cc2C1C#N. The zero-order chi connectivity index (χ0) is 12.4. The van der Waals surface area contributed by atoms with E-state index in [1.807, 2.05) is 0 Å². The zero-order valence-corrected chi connectivity index (χ0v) is 10.1. The number of carbonyl (C=O) groups is 1. The van der Waals surface area contributed by atoms with Gasteiger partial charge in [0.1, 0.15) is 6.04 Å². The van der Waals surface area contributed by atoms with E-state index in [2.05, 4.69) is 6.07 Å². The molecule has 0 aromatic heterocycles. The first-order valence-corrected chi connectivity index (χ1v) is 5.56. The minimum Gasteiger partial charge on any atom is -0.383 e. The van der Waals surface area contributed by atoms with Gasteiger partial charge < -0.3 is 9.64 Å². The maximum Gasteiger partial charge on any atom is 0.255 e. The molecule has 1 aromatic rings. The number of carbonyl (C=O) groups excluding carboxylic acids is 1. The number of methoxy groups -OCH3 is 1. The summed E-state index contributed by atoms with van der Waals surface area (Å²) < 4.78 is 4.94. The molecule has 0 spiro atoms. The molecule has 1 amide bonds. The molecule has 1 aliphatic rings. The first kappa shape index (κ1) is 11.9. The lowest BCUT2D eigenvalue weighted by Gasteiger charge is -2.19. The molecule has 0 saturated carbocycles. The molecular weight excluding hydrogens is 240 g/mol. The van der Waals surface area contributed by atoms with Crippen molar-refractivity contribution in [1.82, 2.24) is 4.90 Å². The highest BCUT2D eigenvalue weighted by atomic mass is 35.5. The van der Waals surface area contributed by atoms with Crippen LogP contribution in [0.1, 0.15) is 22.0 Å². The van der Waals surface area contributed by atoms with Crippen LogP contribution >= 0.6 is 11.6 Å². The Hall–Kier alpha value is -1.57. The number of rotatable bonds is 3. The molecule has 1 atom stereocenters. The Morgan fingerprint density at radius 1 is 1.59 bits per heavy atom. The van der Waals surface area contributed by atoms with Gasteiger partial charge in [0.05, 0.1) is 12.7 Å². The predicted molar refractivity (Wildman–Crippen MR) is 62.7 cm³/mol. The fourth-order valence-corrected chi connectivity index (χ4v) is 2.13. The molecule has 2 rings (SSSR count). The smallest absolute Gasteiger partial charge is 0.255 e. The summed E-state index contributed by atoms with van der Waals surface area (Å²) in [5.74, 6) is -0.139. The normalized spacial score (nSPS) is 18.1. The largest absolute Gasteiger partial charge is 0.383 e. The van der Waals surface area contributed by atoms with Crippen molar-refractivity contribution in [2.24, 2.45) is 0 Å². The zero-order valence-electron chi connectivity index (χ0n) is 9.31. The van der Waals surface area contributed by atoms with Gasteiger partial charge in [-0.15, -0.1) is 0 Å². The highest BCUT2D eigenvalue weighted by Gasteiger charge is 2.36. The highest BCUT2D eigenvalue weighted by Crippen LogP contribution is 2.34. The standard InChI is InChI=1S/C12H11ClN2O2/c1-17-5-4-15-11(7-14)10-6-8(13)2-3-9(10)12(15)16/h2-3,6,11H,4-5H2,1H3. The molecule has 17 heavy (non-hydrogen) atoms. The van der Waals surface area contributed by atoms with Crippen LogP contribution in [-0.2, 0) is 4.74 Å². The first-order chi connectivity index (χ1) is 8.19.